The Kier molecular flexibility index (Phi) is 6.80. The van der Waals surface area contributed by atoms with Crippen molar-refractivity contribution in [3.05, 3.63) is 77.9 Å². The van der Waals surface area contributed by atoms with Gasteiger partial charge in [0.25, 0.3) is 5.91 Å². The summed E-state index contributed by atoms with van der Waals surface area (Å²) >= 11 is 0. The Hall–Kier alpha value is -4.11. The number of fused-ring (bicyclic) bond motifs is 1. The molecule has 0 aliphatic carbocycles. The van der Waals surface area contributed by atoms with Gasteiger partial charge in [-0.05, 0) is 41.1 Å². The SMILES string of the molecule is C#Cc1cccc(NC(=O)CNC(=O)CCNC(=O)c2ccc3ccccc3c2)c1. The number of benzene rings is 3. The zero-order chi connectivity index (χ0) is 21.3. The van der Waals surface area contributed by atoms with E-state index in [0.29, 0.717) is 16.8 Å². The molecule has 0 aliphatic rings. The van der Waals surface area contributed by atoms with Crippen molar-refractivity contribution in [3.8, 4) is 12.3 Å². The minimum Gasteiger partial charge on any atom is -0.352 e. The Labute approximate surface area is 174 Å². The molecular weight excluding hydrogens is 378 g/mol. The third-order valence-corrected chi connectivity index (χ3v) is 4.41. The van der Waals surface area contributed by atoms with Gasteiger partial charge in [0.05, 0.1) is 6.54 Å². The van der Waals surface area contributed by atoms with E-state index >= 15 is 0 Å². The van der Waals surface area contributed by atoms with E-state index in [0.717, 1.165) is 10.8 Å². The molecule has 0 spiro atoms. The van der Waals surface area contributed by atoms with Crippen LogP contribution >= 0.6 is 0 Å². The van der Waals surface area contributed by atoms with Crippen molar-refractivity contribution in [2.45, 2.75) is 6.42 Å². The van der Waals surface area contributed by atoms with Gasteiger partial charge in [0.15, 0.2) is 0 Å². The molecule has 0 atom stereocenters. The van der Waals surface area contributed by atoms with Crippen LogP contribution in [-0.2, 0) is 9.59 Å². The molecule has 3 amide bonds. The minimum absolute atomic E-state index is 0.0686. The van der Waals surface area contributed by atoms with Crippen LogP contribution in [0.2, 0.25) is 0 Å². The van der Waals surface area contributed by atoms with Gasteiger partial charge < -0.3 is 16.0 Å². The van der Waals surface area contributed by atoms with Crippen LogP contribution in [0.4, 0.5) is 5.69 Å². The van der Waals surface area contributed by atoms with Crippen LogP contribution in [0.15, 0.2) is 66.7 Å². The zero-order valence-electron chi connectivity index (χ0n) is 16.3. The predicted molar refractivity (Wildman–Crippen MR) is 117 cm³/mol. The number of amides is 3. The van der Waals surface area contributed by atoms with E-state index in [2.05, 4.69) is 21.9 Å². The second kappa shape index (κ2) is 9.89. The third-order valence-electron chi connectivity index (χ3n) is 4.41. The van der Waals surface area contributed by atoms with Crippen LogP contribution in [0.3, 0.4) is 0 Å². The van der Waals surface area contributed by atoms with E-state index in [4.69, 9.17) is 6.42 Å². The Morgan fingerprint density at radius 2 is 1.63 bits per heavy atom. The lowest BCUT2D eigenvalue weighted by molar-refractivity contribution is -0.124. The summed E-state index contributed by atoms with van der Waals surface area (Å²) < 4.78 is 0. The molecule has 0 radical (unpaired) electrons. The Bertz CT molecular complexity index is 1130. The topological polar surface area (TPSA) is 87.3 Å². The van der Waals surface area contributed by atoms with Crippen LogP contribution < -0.4 is 16.0 Å². The van der Waals surface area contributed by atoms with Gasteiger partial charge in [-0.2, -0.15) is 0 Å². The fourth-order valence-electron chi connectivity index (χ4n) is 2.88. The molecule has 0 aromatic heterocycles. The van der Waals surface area contributed by atoms with Crippen LogP contribution in [-0.4, -0.2) is 30.8 Å². The van der Waals surface area contributed by atoms with E-state index < -0.39 is 0 Å². The smallest absolute Gasteiger partial charge is 0.251 e. The first-order valence-corrected chi connectivity index (χ1v) is 9.45. The highest BCUT2D eigenvalue weighted by Crippen LogP contribution is 2.15. The number of hydrogen-bond donors (Lipinski definition) is 3. The molecule has 30 heavy (non-hydrogen) atoms. The first-order chi connectivity index (χ1) is 14.5. The van der Waals surface area contributed by atoms with Crippen molar-refractivity contribution < 1.29 is 14.4 Å². The first-order valence-electron chi connectivity index (χ1n) is 9.45. The first kappa shape index (κ1) is 20.6. The van der Waals surface area contributed by atoms with E-state index in [9.17, 15) is 14.4 Å². The normalized spacial score (nSPS) is 10.1. The van der Waals surface area contributed by atoms with Gasteiger partial charge in [0, 0.05) is 29.8 Å². The monoisotopic (exact) mass is 399 g/mol. The lowest BCUT2D eigenvalue weighted by Crippen LogP contribution is -2.35. The van der Waals surface area contributed by atoms with E-state index in [1.54, 1.807) is 30.3 Å². The molecule has 3 aromatic carbocycles. The molecule has 0 saturated carbocycles. The summed E-state index contributed by atoms with van der Waals surface area (Å²) in [6.07, 6.45) is 5.40. The molecule has 150 valence electrons. The highest BCUT2D eigenvalue weighted by molar-refractivity contribution is 5.99. The van der Waals surface area contributed by atoms with Gasteiger partial charge in [-0.25, -0.2) is 0 Å². The summed E-state index contributed by atoms with van der Waals surface area (Å²) in [6.45, 7) is 0.00105. The molecule has 0 saturated heterocycles. The average Bonchev–Trinajstić information content (AvgIpc) is 2.77. The van der Waals surface area contributed by atoms with Gasteiger partial charge in [-0.1, -0.05) is 42.3 Å². The van der Waals surface area contributed by atoms with E-state index in [1.165, 1.54) is 0 Å². The molecule has 3 rings (SSSR count). The second-order valence-electron chi connectivity index (χ2n) is 6.62. The molecule has 0 heterocycles. The lowest BCUT2D eigenvalue weighted by atomic mass is 10.1. The largest absolute Gasteiger partial charge is 0.352 e. The summed E-state index contributed by atoms with van der Waals surface area (Å²) in [4.78, 5) is 36.1. The Morgan fingerprint density at radius 3 is 2.43 bits per heavy atom. The standard InChI is InChI=1S/C24H21N3O3/c1-2-17-6-5-9-21(14-17)27-23(29)16-26-22(28)12-13-25-24(30)20-11-10-18-7-3-4-8-19(18)15-20/h1,3-11,14-15H,12-13,16H2,(H,25,30)(H,26,28)(H,27,29). The lowest BCUT2D eigenvalue weighted by Gasteiger charge is -2.08. The van der Waals surface area contributed by atoms with Gasteiger partial charge in [-0.15, -0.1) is 6.42 Å². The Balaban J connectivity index is 1.40. The maximum atomic E-state index is 12.3. The van der Waals surface area contributed by atoms with E-state index in [-0.39, 0.29) is 37.2 Å². The molecule has 0 aliphatic heterocycles. The van der Waals surface area contributed by atoms with Crippen LogP contribution in [0, 0.1) is 12.3 Å². The summed E-state index contributed by atoms with van der Waals surface area (Å²) in [5.74, 6) is 1.54. The van der Waals surface area contributed by atoms with Gasteiger partial charge >= 0.3 is 0 Å². The number of nitrogens with one attached hydrogen (secondary N) is 3. The van der Waals surface area contributed by atoms with Crippen LogP contribution in [0.1, 0.15) is 22.3 Å². The van der Waals surface area contributed by atoms with Crippen molar-refractivity contribution in [2.24, 2.45) is 0 Å². The molecule has 6 heteroatoms. The average molecular weight is 399 g/mol. The fraction of sp³-hybridized carbons (Fsp3) is 0.125. The van der Waals surface area contributed by atoms with Crippen molar-refractivity contribution in [1.29, 1.82) is 0 Å². The quantitative estimate of drug-likeness (QED) is 0.534. The molecule has 0 fully saturated rings. The molecule has 3 aromatic rings. The molecule has 3 N–H and O–H groups in total. The van der Waals surface area contributed by atoms with Crippen LogP contribution in [0.5, 0.6) is 0 Å². The zero-order valence-corrected chi connectivity index (χ0v) is 16.3. The predicted octanol–water partition coefficient (Wildman–Crippen LogP) is 2.70. The molecule has 6 nitrogen and oxygen atoms in total. The number of anilines is 1. The number of hydrogen-bond acceptors (Lipinski definition) is 3. The molecule has 0 unspecified atom stereocenters. The summed E-state index contributed by atoms with van der Waals surface area (Å²) in [5, 5.41) is 9.93. The highest BCUT2D eigenvalue weighted by atomic mass is 16.2. The van der Waals surface area contributed by atoms with Crippen molar-refractivity contribution >= 4 is 34.2 Å². The molecular formula is C24H21N3O3. The van der Waals surface area contributed by atoms with Crippen molar-refractivity contribution in [2.75, 3.05) is 18.4 Å². The fourth-order valence-corrected chi connectivity index (χ4v) is 2.88. The van der Waals surface area contributed by atoms with Gasteiger partial charge in [0.2, 0.25) is 11.8 Å². The minimum atomic E-state index is -0.363. The van der Waals surface area contributed by atoms with Gasteiger partial charge in [-0.3, -0.25) is 14.4 Å². The number of carbonyl (C=O) groups excluding carboxylic acids is 3. The maximum Gasteiger partial charge on any atom is 0.251 e. The van der Waals surface area contributed by atoms with E-state index in [1.807, 2.05) is 36.4 Å². The number of carbonyl (C=O) groups is 3. The number of terminal acetylenes is 1. The Morgan fingerprint density at radius 1 is 0.833 bits per heavy atom. The highest BCUT2D eigenvalue weighted by Gasteiger charge is 2.09. The summed E-state index contributed by atoms with van der Waals surface area (Å²) in [5.41, 5.74) is 1.74. The van der Waals surface area contributed by atoms with Crippen molar-refractivity contribution in [1.82, 2.24) is 10.6 Å². The van der Waals surface area contributed by atoms with Crippen LogP contribution in [0.25, 0.3) is 10.8 Å². The third kappa shape index (κ3) is 5.69. The van der Waals surface area contributed by atoms with Crippen molar-refractivity contribution in [3.63, 3.8) is 0 Å². The second-order valence-corrected chi connectivity index (χ2v) is 6.62. The number of rotatable bonds is 7. The summed E-state index contributed by atoms with van der Waals surface area (Å²) in [6, 6.07) is 20.1. The maximum absolute atomic E-state index is 12.3. The molecule has 0 bridgehead atoms. The summed E-state index contributed by atoms with van der Waals surface area (Å²) in [7, 11) is 0. The van der Waals surface area contributed by atoms with Gasteiger partial charge in [0.1, 0.15) is 0 Å².